The van der Waals surface area contributed by atoms with Gasteiger partial charge in [-0.3, -0.25) is 9.78 Å². The number of rotatable bonds is 2. The largest absolute Gasteiger partial charge is 0.340 e. The Morgan fingerprint density at radius 1 is 1.11 bits per heavy atom. The zero-order valence-electron chi connectivity index (χ0n) is 10.6. The van der Waals surface area contributed by atoms with E-state index in [9.17, 15) is 4.79 Å². The number of nitrogens with zero attached hydrogens (tertiary/aromatic N) is 2. The first-order chi connectivity index (χ1) is 9.33. The lowest BCUT2D eigenvalue weighted by Crippen LogP contribution is -2.44. The lowest BCUT2D eigenvalue weighted by Gasteiger charge is -2.27. The Bertz CT molecular complexity index is 602. The summed E-state index contributed by atoms with van der Waals surface area (Å²) in [4.78, 5) is 21.3. The first kappa shape index (κ1) is 11.9. The molecule has 2 N–H and O–H groups in total. The van der Waals surface area contributed by atoms with Gasteiger partial charge in [-0.05, 0) is 0 Å². The third-order valence-electron chi connectivity index (χ3n) is 3.22. The Morgan fingerprint density at radius 3 is 2.58 bits per heavy atom. The van der Waals surface area contributed by atoms with Crippen molar-refractivity contribution in [2.75, 3.05) is 31.1 Å². The normalized spacial score (nSPS) is 15.5. The van der Waals surface area contributed by atoms with Crippen molar-refractivity contribution < 1.29 is 0 Å². The van der Waals surface area contributed by atoms with Crippen LogP contribution in [0.4, 0.5) is 5.95 Å². The molecule has 1 saturated heterocycles. The van der Waals surface area contributed by atoms with Crippen LogP contribution in [0.5, 0.6) is 0 Å². The van der Waals surface area contributed by atoms with Crippen LogP contribution in [0.3, 0.4) is 0 Å². The van der Waals surface area contributed by atoms with Gasteiger partial charge in [0, 0.05) is 37.8 Å². The highest BCUT2D eigenvalue weighted by Gasteiger charge is 2.13. The smallest absolute Gasteiger partial charge is 0.252 e. The molecule has 5 heteroatoms. The highest BCUT2D eigenvalue weighted by molar-refractivity contribution is 5.59. The van der Waals surface area contributed by atoms with Crippen LogP contribution in [0.15, 0.2) is 41.2 Å². The Labute approximate surface area is 111 Å². The monoisotopic (exact) mass is 256 g/mol. The second kappa shape index (κ2) is 5.24. The van der Waals surface area contributed by atoms with Crippen LogP contribution in [0.2, 0.25) is 0 Å². The van der Waals surface area contributed by atoms with Crippen LogP contribution in [0, 0.1) is 0 Å². The Kier molecular flexibility index (Phi) is 3.29. The van der Waals surface area contributed by atoms with Crippen LogP contribution < -0.4 is 15.8 Å². The van der Waals surface area contributed by atoms with Gasteiger partial charge in [0.05, 0.1) is 5.69 Å². The highest BCUT2D eigenvalue weighted by Crippen LogP contribution is 2.17. The molecule has 0 unspecified atom stereocenters. The second-order valence-corrected chi connectivity index (χ2v) is 4.56. The molecule has 98 valence electrons. The molecule has 3 rings (SSSR count). The summed E-state index contributed by atoms with van der Waals surface area (Å²) in [5.74, 6) is 0.660. The first-order valence-corrected chi connectivity index (χ1v) is 6.45. The molecule has 2 heterocycles. The molecular weight excluding hydrogens is 240 g/mol. The molecule has 1 aliphatic heterocycles. The van der Waals surface area contributed by atoms with Gasteiger partial charge in [-0.15, -0.1) is 0 Å². The SMILES string of the molecule is O=c1cc(-c2ccccc2)nc(N2CCNCC2)[nH]1. The van der Waals surface area contributed by atoms with Crippen molar-refractivity contribution >= 4 is 5.95 Å². The van der Waals surface area contributed by atoms with E-state index in [0.29, 0.717) is 5.95 Å². The summed E-state index contributed by atoms with van der Waals surface area (Å²) >= 11 is 0. The van der Waals surface area contributed by atoms with E-state index in [1.54, 1.807) is 6.07 Å². The van der Waals surface area contributed by atoms with Crippen LogP contribution in [0.25, 0.3) is 11.3 Å². The molecule has 0 bridgehead atoms. The number of hydrogen-bond donors (Lipinski definition) is 2. The summed E-state index contributed by atoms with van der Waals surface area (Å²) in [7, 11) is 0. The third-order valence-corrected chi connectivity index (χ3v) is 3.22. The fraction of sp³-hybridized carbons (Fsp3) is 0.286. The average molecular weight is 256 g/mol. The van der Waals surface area contributed by atoms with Crippen LogP contribution in [-0.4, -0.2) is 36.1 Å². The Balaban J connectivity index is 1.98. The Morgan fingerprint density at radius 2 is 1.84 bits per heavy atom. The second-order valence-electron chi connectivity index (χ2n) is 4.56. The van der Waals surface area contributed by atoms with Gasteiger partial charge in [-0.2, -0.15) is 0 Å². The van der Waals surface area contributed by atoms with Crippen molar-refractivity contribution in [2.24, 2.45) is 0 Å². The number of aromatic amines is 1. The van der Waals surface area contributed by atoms with E-state index in [-0.39, 0.29) is 5.56 Å². The minimum absolute atomic E-state index is 0.109. The van der Waals surface area contributed by atoms with Crippen LogP contribution in [-0.2, 0) is 0 Å². The van der Waals surface area contributed by atoms with Gasteiger partial charge >= 0.3 is 0 Å². The molecule has 0 aliphatic carbocycles. The summed E-state index contributed by atoms with van der Waals surface area (Å²) in [6.07, 6.45) is 0. The predicted molar refractivity (Wildman–Crippen MR) is 75.4 cm³/mol. The predicted octanol–water partition coefficient (Wildman–Crippen LogP) is 0.846. The van der Waals surface area contributed by atoms with Gasteiger partial charge in [0.25, 0.3) is 5.56 Å². The van der Waals surface area contributed by atoms with E-state index in [0.717, 1.165) is 37.4 Å². The van der Waals surface area contributed by atoms with Crippen LogP contribution >= 0.6 is 0 Å². The van der Waals surface area contributed by atoms with Gasteiger partial charge in [-0.1, -0.05) is 30.3 Å². The van der Waals surface area contributed by atoms with Crippen molar-refractivity contribution in [3.8, 4) is 11.3 Å². The van der Waals surface area contributed by atoms with Gasteiger partial charge in [0.2, 0.25) is 5.95 Å². The van der Waals surface area contributed by atoms with Gasteiger partial charge in [0.1, 0.15) is 0 Å². The van der Waals surface area contributed by atoms with E-state index in [4.69, 9.17) is 0 Å². The molecule has 5 nitrogen and oxygen atoms in total. The topological polar surface area (TPSA) is 61.0 Å². The number of hydrogen-bond acceptors (Lipinski definition) is 4. The van der Waals surface area contributed by atoms with Gasteiger partial charge < -0.3 is 10.2 Å². The van der Waals surface area contributed by atoms with E-state index in [2.05, 4.69) is 20.2 Å². The maximum absolute atomic E-state index is 11.8. The summed E-state index contributed by atoms with van der Waals surface area (Å²) in [5.41, 5.74) is 1.57. The molecular formula is C14H16N4O. The van der Waals surface area contributed by atoms with Crippen molar-refractivity contribution in [3.63, 3.8) is 0 Å². The molecule has 1 aliphatic rings. The summed E-state index contributed by atoms with van der Waals surface area (Å²) in [5, 5.41) is 3.28. The first-order valence-electron chi connectivity index (χ1n) is 6.45. The van der Waals surface area contributed by atoms with Crippen molar-refractivity contribution in [1.82, 2.24) is 15.3 Å². The summed E-state index contributed by atoms with van der Waals surface area (Å²) < 4.78 is 0. The lowest BCUT2D eigenvalue weighted by atomic mass is 10.1. The summed E-state index contributed by atoms with van der Waals surface area (Å²) in [6.45, 7) is 3.56. The Hall–Kier alpha value is -2.14. The van der Waals surface area contributed by atoms with Crippen LogP contribution in [0.1, 0.15) is 0 Å². The number of piperazine rings is 1. The fourth-order valence-electron chi connectivity index (χ4n) is 2.23. The number of anilines is 1. The zero-order chi connectivity index (χ0) is 13.1. The highest BCUT2D eigenvalue weighted by atomic mass is 16.1. The zero-order valence-corrected chi connectivity index (χ0v) is 10.6. The molecule has 1 aromatic heterocycles. The molecule has 19 heavy (non-hydrogen) atoms. The fourth-order valence-corrected chi connectivity index (χ4v) is 2.23. The molecule has 0 saturated carbocycles. The lowest BCUT2D eigenvalue weighted by molar-refractivity contribution is 0.579. The van der Waals surface area contributed by atoms with E-state index < -0.39 is 0 Å². The standard InChI is InChI=1S/C14H16N4O/c19-13-10-12(11-4-2-1-3-5-11)16-14(17-13)18-8-6-15-7-9-18/h1-5,10,15H,6-9H2,(H,16,17,19). The third kappa shape index (κ3) is 2.66. The van der Waals surface area contributed by atoms with Crippen molar-refractivity contribution in [3.05, 3.63) is 46.8 Å². The van der Waals surface area contributed by atoms with E-state index in [1.165, 1.54) is 0 Å². The number of H-pyrrole nitrogens is 1. The quantitative estimate of drug-likeness (QED) is 0.836. The molecule has 0 spiro atoms. The van der Waals surface area contributed by atoms with Crippen molar-refractivity contribution in [2.45, 2.75) is 0 Å². The minimum Gasteiger partial charge on any atom is -0.340 e. The number of nitrogens with one attached hydrogen (secondary N) is 2. The van der Waals surface area contributed by atoms with E-state index >= 15 is 0 Å². The van der Waals surface area contributed by atoms with E-state index in [1.807, 2.05) is 30.3 Å². The maximum Gasteiger partial charge on any atom is 0.252 e. The number of aromatic nitrogens is 2. The van der Waals surface area contributed by atoms with Gasteiger partial charge in [0.15, 0.2) is 0 Å². The number of benzene rings is 1. The molecule has 0 radical (unpaired) electrons. The molecule has 1 aromatic carbocycles. The molecule has 0 atom stereocenters. The molecule has 0 amide bonds. The molecule has 2 aromatic rings. The average Bonchev–Trinajstić information content (AvgIpc) is 2.48. The summed E-state index contributed by atoms with van der Waals surface area (Å²) in [6, 6.07) is 11.3. The maximum atomic E-state index is 11.8. The minimum atomic E-state index is -0.109. The van der Waals surface area contributed by atoms with Gasteiger partial charge in [-0.25, -0.2) is 4.98 Å². The molecule has 1 fully saturated rings. The van der Waals surface area contributed by atoms with Crippen molar-refractivity contribution in [1.29, 1.82) is 0 Å².